The summed E-state index contributed by atoms with van der Waals surface area (Å²) in [5.41, 5.74) is 2.11. The van der Waals surface area contributed by atoms with Gasteiger partial charge in [0.1, 0.15) is 6.33 Å². The fourth-order valence-corrected chi connectivity index (χ4v) is 3.57. The number of rotatable bonds is 11. The number of aryl methyl sites for hydroxylation is 1. The Kier molecular flexibility index (Phi) is 8.88. The van der Waals surface area contributed by atoms with Gasteiger partial charge >= 0.3 is 5.97 Å². The molecule has 0 unspecified atom stereocenters. The highest BCUT2D eigenvalue weighted by Crippen LogP contribution is 2.27. The van der Waals surface area contributed by atoms with E-state index in [4.69, 9.17) is 32.7 Å². The van der Waals surface area contributed by atoms with Gasteiger partial charge in [0.05, 0.1) is 35.9 Å². The van der Waals surface area contributed by atoms with E-state index in [1.54, 1.807) is 17.7 Å². The first-order chi connectivity index (χ1) is 15.1. The Balaban J connectivity index is 1.62. The fourth-order valence-electron chi connectivity index (χ4n) is 3.16. The third kappa shape index (κ3) is 7.06. The Morgan fingerprint density at radius 3 is 2.71 bits per heavy atom. The second-order valence-corrected chi connectivity index (χ2v) is 7.82. The smallest absolute Gasteiger partial charge is 0.378 e. The van der Waals surface area contributed by atoms with E-state index in [9.17, 15) is 4.79 Å². The van der Waals surface area contributed by atoms with E-state index in [0.29, 0.717) is 23.2 Å². The van der Waals surface area contributed by atoms with Crippen molar-refractivity contribution in [1.82, 2.24) is 14.8 Å². The standard InChI is InChI=1S/C23H25Cl2N3O3/c1-2-30-23(29)22-26-16-28(27-22)14-19(31-15-17-8-4-3-5-9-17)12-6-10-18-11-7-13-20(24)21(18)25/h3-5,7-9,11,13,16,19H,2,6,10,12,14-15H2,1H3/t19-/m0/s1. The summed E-state index contributed by atoms with van der Waals surface area (Å²) in [7, 11) is 0. The molecule has 0 aliphatic heterocycles. The van der Waals surface area contributed by atoms with Crippen molar-refractivity contribution >= 4 is 29.2 Å². The lowest BCUT2D eigenvalue weighted by atomic mass is 10.1. The second kappa shape index (κ2) is 11.8. The van der Waals surface area contributed by atoms with Crippen LogP contribution in [0.5, 0.6) is 0 Å². The summed E-state index contributed by atoms with van der Waals surface area (Å²) in [5.74, 6) is -0.479. The van der Waals surface area contributed by atoms with Crippen LogP contribution in [0.2, 0.25) is 10.0 Å². The van der Waals surface area contributed by atoms with E-state index in [2.05, 4.69) is 10.1 Å². The Hall–Kier alpha value is -2.41. The number of carbonyl (C=O) groups is 1. The number of aromatic nitrogens is 3. The number of carbonyl (C=O) groups excluding carboxylic acids is 1. The lowest BCUT2D eigenvalue weighted by Crippen LogP contribution is -2.21. The van der Waals surface area contributed by atoms with Crippen LogP contribution in [0.15, 0.2) is 54.9 Å². The Morgan fingerprint density at radius 2 is 1.94 bits per heavy atom. The Morgan fingerprint density at radius 1 is 1.13 bits per heavy atom. The van der Waals surface area contributed by atoms with Crippen molar-refractivity contribution in [2.24, 2.45) is 0 Å². The van der Waals surface area contributed by atoms with Crippen molar-refractivity contribution < 1.29 is 14.3 Å². The zero-order valence-electron chi connectivity index (χ0n) is 17.3. The van der Waals surface area contributed by atoms with Gasteiger partial charge in [0, 0.05) is 0 Å². The average Bonchev–Trinajstić information content (AvgIpc) is 3.24. The molecule has 3 rings (SSSR count). The highest BCUT2D eigenvalue weighted by atomic mass is 35.5. The van der Waals surface area contributed by atoms with Crippen LogP contribution < -0.4 is 0 Å². The quantitative estimate of drug-likeness (QED) is 0.359. The molecule has 31 heavy (non-hydrogen) atoms. The van der Waals surface area contributed by atoms with Gasteiger partial charge in [-0.2, -0.15) is 0 Å². The molecule has 0 spiro atoms. The van der Waals surface area contributed by atoms with E-state index < -0.39 is 5.97 Å². The van der Waals surface area contributed by atoms with Gasteiger partial charge in [-0.1, -0.05) is 65.7 Å². The van der Waals surface area contributed by atoms with Gasteiger partial charge in [-0.15, -0.1) is 5.10 Å². The SMILES string of the molecule is CCOC(=O)c1ncn(C[C@H](CCCc2cccc(Cl)c2Cl)OCc2ccccc2)n1. The Bertz CT molecular complexity index is 979. The summed E-state index contributed by atoms with van der Waals surface area (Å²) in [6.07, 6.45) is 3.84. The summed E-state index contributed by atoms with van der Waals surface area (Å²) in [5, 5.41) is 5.39. The number of esters is 1. The Labute approximate surface area is 192 Å². The summed E-state index contributed by atoms with van der Waals surface area (Å²) < 4.78 is 12.8. The maximum Gasteiger partial charge on any atom is 0.378 e. The van der Waals surface area contributed by atoms with Crippen molar-refractivity contribution in [2.75, 3.05) is 6.61 Å². The zero-order chi connectivity index (χ0) is 22.1. The van der Waals surface area contributed by atoms with E-state index in [-0.39, 0.29) is 18.5 Å². The van der Waals surface area contributed by atoms with Crippen molar-refractivity contribution in [2.45, 2.75) is 45.4 Å². The molecule has 1 heterocycles. The summed E-state index contributed by atoms with van der Waals surface area (Å²) in [6, 6.07) is 15.7. The van der Waals surface area contributed by atoms with Crippen LogP contribution in [0.3, 0.4) is 0 Å². The van der Waals surface area contributed by atoms with Crippen LogP contribution >= 0.6 is 23.2 Å². The number of halogens is 2. The molecule has 8 heteroatoms. The largest absolute Gasteiger partial charge is 0.460 e. The lowest BCUT2D eigenvalue weighted by Gasteiger charge is -2.18. The van der Waals surface area contributed by atoms with Crippen LogP contribution in [0.25, 0.3) is 0 Å². The van der Waals surface area contributed by atoms with Crippen LogP contribution in [0, 0.1) is 0 Å². The normalized spacial score (nSPS) is 12.0. The van der Waals surface area contributed by atoms with Gasteiger partial charge in [0.25, 0.3) is 5.82 Å². The van der Waals surface area contributed by atoms with E-state index >= 15 is 0 Å². The highest BCUT2D eigenvalue weighted by Gasteiger charge is 2.16. The summed E-state index contributed by atoms with van der Waals surface area (Å²) in [6.45, 7) is 2.99. The van der Waals surface area contributed by atoms with Crippen LogP contribution in [0.4, 0.5) is 0 Å². The van der Waals surface area contributed by atoms with Gasteiger partial charge in [-0.25, -0.2) is 14.5 Å². The topological polar surface area (TPSA) is 66.2 Å². The van der Waals surface area contributed by atoms with Gasteiger partial charge in [-0.3, -0.25) is 0 Å². The predicted molar refractivity (Wildman–Crippen MR) is 120 cm³/mol. The molecule has 3 aromatic rings. The van der Waals surface area contributed by atoms with Gasteiger partial charge in [-0.05, 0) is 43.4 Å². The van der Waals surface area contributed by atoms with Crippen LogP contribution in [0.1, 0.15) is 41.5 Å². The number of hydrogen-bond donors (Lipinski definition) is 0. The molecule has 0 bridgehead atoms. The molecule has 0 N–H and O–H groups in total. The maximum absolute atomic E-state index is 11.8. The molecule has 0 aliphatic rings. The number of benzene rings is 2. The van der Waals surface area contributed by atoms with E-state index in [1.165, 1.54) is 6.33 Å². The van der Waals surface area contributed by atoms with Crippen LogP contribution in [-0.2, 0) is 29.0 Å². The molecule has 0 saturated heterocycles. The molecule has 164 valence electrons. The molecule has 1 atom stereocenters. The van der Waals surface area contributed by atoms with Crippen molar-refractivity contribution in [3.63, 3.8) is 0 Å². The molecule has 1 aromatic heterocycles. The molecule has 2 aromatic carbocycles. The van der Waals surface area contributed by atoms with Gasteiger partial charge in [0.2, 0.25) is 0 Å². The van der Waals surface area contributed by atoms with E-state index in [0.717, 1.165) is 30.4 Å². The summed E-state index contributed by atoms with van der Waals surface area (Å²) >= 11 is 12.4. The molecule has 0 fully saturated rings. The molecular weight excluding hydrogens is 437 g/mol. The predicted octanol–water partition coefficient (Wildman–Crippen LogP) is 5.37. The monoisotopic (exact) mass is 461 g/mol. The van der Waals surface area contributed by atoms with Crippen molar-refractivity contribution in [3.8, 4) is 0 Å². The lowest BCUT2D eigenvalue weighted by molar-refractivity contribution is 0.0201. The minimum atomic E-state index is -0.529. The minimum absolute atomic E-state index is 0.0503. The average molecular weight is 462 g/mol. The fraction of sp³-hybridized carbons (Fsp3) is 0.348. The molecule has 0 aliphatic carbocycles. The summed E-state index contributed by atoms with van der Waals surface area (Å²) in [4.78, 5) is 15.9. The molecule has 0 saturated carbocycles. The third-order valence-electron chi connectivity index (χ3n) is 4.72. The molecule has 0 amide bonds. The highest BCUT2D eigenvalue weighted by molar-refractivity contribution is 6.42. The number of hydrogen-bond acceptors (Lipinski definition) is 5. The second-order valence-electron chi connectivity index (χ2n) is 7.03. The molecule has 0 radical (unpaired) electrons. The van der Waals surface area contributed by atoms with Crippen molar-refractivity contribution in [3.05, 3.63) is 81.9 Å². The third-order valence-corrected chi connectivity index (χ3v) is 5.58. The molecular formula is C23H25Cl2N3O3. The maximum atomic E-state index is 11.8. The number of ether oxygens (including phenoxy) is 2. The van der Waals surface area contributed by atoms with Crippen LogP contribution in [-0.4, -0.2) is 33.4 Å². The first-order valence-corrected chi connectivity index (χ1v) is 11.0. The molecule has 6 nitrogen and oxygen atoms in total. The van der Waals surface area contributed by atoms with E-state index in [1.807, 2.05) is 42.5 Å². The number of nitrogens with zero attached hydrogens (tertiary/aromatic N) is 3. The first kappa shape index (κ1) is 23.3. The first-order valence-electron chi connectivity index (χ1n) is 10.2. The van der Waals surface area contributed by atoms with Gasteiger partial charge in [0.15, 0.2) is 0 Å². The zero-order valence-corrected chi connectivity index (χ0v) is 18.9. The van der Waals surface area contributed by atoms with Gasteiger partial charge < -0.3 is 9.47 Å². The minimum Gasteiger partial charge on any atom is -0.460 e. The van der Waals surface area contributed by atoms with Crippen molar-refractivity contribution in [1.29, 1.82) is 0 Å².